The van der Waals surface area contributed by atoms with Gasteiger partial charge in [0, 0.05) is 55.2 Å². The zero-order valence-corrected chi connectivity index (χ0v) is 17.0. The van der Waals surface area contributed by atoms with E-state index >= 15 is 0 Å². The minimum Gasteiger partial charge on any atom is -0.352 e. The van der Waals surface area contributed by atoms with Crippen LogP contribution in [0, 0.1) is 0 Å². The Morgan fingerprint density at radius 3 is 2.18 bits per heavy atom. The Bertz CT molecular complexity index is 756. The van der Waals surface area contributed by atoms with Gasteiger partial charge in [-0.1, -0.05) is 15.9 Å². The number of carbonyl (C=O) groups is 4. The van der Waals surface area contributed by atoms with Crippen LogP contribution >= 0.6 is 15.9 Å². The molecule has 1 aliphatic carbocycles. The van der Waals surface area contributed by atoms with Crippen molar-refractivity contribution in [1.29, 1.82) is 0 Å². The van der Waals surface area contributed by atoms with Crippen LogP contribution in [0.2, 0.25) is 0 Å². The fourth-order valence-electron chi connectivity index (χ4n) is 2.92. The van der Waals surface area contributed by atoms with E-state index in [1.165, 1.54) is 4.90 Å². The highest BCUT2D eigenvalue weighted by Gasteiger charge is 2.31. The predicted molar refractivity (Wildman–Crippen MR) is 105 cm³/mol. The van der Waals surface area contributed by atoms with Crippen molar-refractivity contribution in [1.82, 2.24) is 20.4 Å². The molecule has 2 N–H and O–H groups in total. The maximum absolute atomic E-state index is 12.3. The largest absolute Gasteiger partial charge is 0.352 e. The lowest BCUT2D eigenvalue weighted by molar-refractivity contribution is -0.148. The Kier molecular flexibility index (Phi) is 6.66. The summed E-state index contributed by atoms with van der Waals surface area (Å²) in [5.41, 5.74) is 0.534. The lowest BCUT2D eigenvalue weighted by Gasteiger charge is -2.34. The number of rotatable bonds is 5. The first kappa shape index (κ1) is 20.3. The van der Waals surface area contributed by atoms with Crippen molar-refractivity contribution in [2.24, 2.45) is 0 Å². The molecule has 1 aromatic carbocycles. The van der Waals surface area contributed by atoms with Crippen LogP contribution in [0.25, 0.3) is 0 Å². The summed E-state index contributed by atoms with van der Waals surface area (Å²) >= 11 is 3.32. The standard InChI is InChI=1S/C19H23BrN4O4/c20-14-3-1-13(2-4-14)17(26)21-8-7-16(25)23-9-11-24(12-10-23)19(28)18(27)22-15-5-6-15/h1-4,15H,5-12H2,(H,21,26)(H,22,27). The molecule has 2 aliphatic rings. The highest BCUT2D eigenvalue weighted by molar-refractivity contribution is 9.10. The molecule has 0 atom stereocenters. The topological polar surface area (TPSA) is 98.8 Å². The SMILES string of the molecule is O=C(NC1CC1)C(=O)N1CCN(C(=O)CCNC(=O)c2ccc(Br)cc2)CC1. The summed E-state index contributed by atoms with van der Waals surface area (Å²) in [7, 11) is 0. The van der Waals surface area contributed by atoms with E-state index in [0.717, 1.165) is 17.3 Å². The molecule has 1 heterocycles. The van der Waals surface area contributed by atoms with Gasteiger partial charge < -0.3 is 20.4 Å². The summed E-state index contributed by atoms with van der Waals surface area (Å²) in [6.07, 6.45) is 2.05. The van der Waals surface area contributed by atoms with E-state index in [0.29, 0.717) is 31.7 Å². The van der Waals surface area contributed by atoms with E-state index in [9.17, 15) is 19.2 Å². The first-order valence-electron chi connectivity index (χ1n) is 9.35. The lowest BCUT2D eigenvalue weighted by atomic mass is 10.2. The fourth-order valence-corrected chi connectivity index (χ4v) is 3.19. The number of carbonyl (C=O) groups excluding carboxylic acids is 4. The van der Waals surface area contributed by atoms with Crippen molar-refractivity contribution in [3.8, 4) is 0 Å². The Hall–Kier alpha value is -2.42. The van der Waals surface area contributed by atoms with Gasteiger partial charge in [-0.25, -0.2) is 0 Å². The molecule has 1 aromatic rings. The number of hydrogen-bond donors (Lipinski definition) is 2. The summed E-state index contributed by atoms with van der Waals surface area (Å²) in [5, 5.41) is 5.42. The summed E-state index contributed by atoms with van der Waals surface area (Å²) in [4.78, 5) is 51.4. The minimum atomic E-state index is -0.557. The molecular weight excluding hydrogens is 428 g/mol. The molecular formula is C19H23BrN4O4. The molecule has 9 heteroatoms. The second kappa shape index (κ2) is 9.18. The molecule has 0 aromatic heterocycles. The van der Waals surface area contributed by atoms with Crippen molar-refractivity contribution in [3.05, 3.63) is 34.3 Å². The second-order valence-corrected chi connectivity index (χ2v) is 7.85. The van der Waals surface area contributed by atoms with Crippen LogP contribution in [-0.2, 0) is 14.4 Å². The first-order valence-corrected chi connectivity index (χ1v) is 10.1. The molecule has 4 amide bonds. The zero-order valence-electron chi connectivity index (χ0n) is 15.4. The van der Waals surface area contributed by atoms with Gasteiger partial charge in [0.25, 0.3) is 5.91 Å². The number of hydrogen-bond acceptors (Lipinski definition) is 4. The molecule has 3 rings (SSSR count). The Morgan fingerprint density at radius 2 is 1.57 bits per heavy atom. The molecule has 0 spiro atoms. The van der Waals surface area contributed by atoms with Gasteiger partial charge in [-0.3, -0.25) is 19.2 Å². The van der Waals surface area contributed by atoms with Crippen LogP contribution in [0.5, 0.6) is 0 Å². The number of nitrogens with zero attached hydrogens (tertiary/aromatic N) is 2. The van der Waals surface area contributed by atoms with Crippen LogP contribution in [-0.4, -0.2) is 72.2 Å². The average Bonchev–Trinajstić information content (AvgIpc) is 3.51. The van der Waals surface area contributed by atoms with E-state index in [1.807, 2.05) is 0 Å². The van der Waals surface area contributed by atoms with Gasteiger partial charge in [0.05, 0.1) is 0 Å². The quantitative estimate of drug-likeness (QED) is 0.638. The van der Waals surface area contributed by atoms with Crippen LogP contribution in [0.3, 0.4) is 0 Å². The lowest BCUT2D eigenvalue weighted by Crippen LogP contribution is -2.54. The normalized spacial score (nSPS) is 16.5. The maximum atomic E-state index is 12.3. The molecule has 0 radical (unpaired) electrons. The number of piperazine rings is 1. The predicted octanol–water partition coefficient (Wildman–Crippen LogP) is 0.518. The molecule has 1 saturated heterocycles. The number of halogens is 1. The van der Waals surface area contributed by atoms with Gasteiger partial charge in [-0.05, 0) is 37.1 Å². The summed E-state index contributed by atoms with van der Waals surface area (Å²) < 4.78 is 0.891. The van der Waals surface area contributed by atoms with Gasteiger partial charge in [-0.15, -0.1) is 0 Å². The van der Waals surface area contributed by atoms with Crippen LogP contribution in [0.1, 0.15) is 29.6 Å². The fraction of sp³-hybridized carbons (Fsp3) is 0.474. The third-order valence-electron chi connectivity index (χ3n) is 4.76. The van der Waals surface area contributed by atoms with Crippen LogP contribution in [0.15, 0.2) is 28.7 Å². The van der Waals surface area contributed by atoms with Crippen molar-refractivity contribution >= 4 is 39.6 Å². The van der Waals surface area contributed by atoms with E-state index in [-0.39, 0.29) is 30.8 Å². The molecule has 28 heavy (non-hydrogen) atoms. The third-order valence-corrected chi connectivity index (χ3v) is 5.29. The van der Waals surface area contributed by atoms with Crippen molar-refractivity contribution < 1.29 is 19.2 Å². The third kappa shape index (κ3) is 5.54. The smallest absolute Gasteiger partial charge is 0.312 e. The molecule has 1 saturated carbocycles. The Morgan fingerprint density at radius 1 is 0.964 bits per heavy atom. The van der Waals surface area contributed by atoms with Crippen LogP contribution in [0.4, 0.5) is 0 Å². The maximum Gasteiger partial charge on any atom is 0.312 e. The molecule has 2 fully saturated rings. The second-order valence-electron chi connectivity index (χ2n) is 6.93. The van der Waals surface area contributed by atoms with Gasteiger partial charge in [0.15, 0.2) is 0 Å². The van der Waals surface area contributed by atoms with E-state index in [1.54, 1.807) is 29.2 Å². The minimum absolute atomic E-state index is 0.0781. The molecule has 8 nitrogen and oxygen atoms in total. The summed E-state index contributed by atoms with van der Waals surface area (Å²) in [6.45, 7) is 1.71. The molecule has 0 unspecified atom stereocenters. The highest BCUT2D eigenvalue weighted by Crippen LogP contribution is 2.18. The first-order chi connectivity index (χ1) is 13.4. The van der Waals surface area contributed by atoms with Gasteiger partial charge >= 0.3 is 11.8 Å². The molecule has 150 valence electrons. The van der Waals surface area contributed by atoms with Gasteiger partial charge in [0.2, 0.25) is 5.91 Å². The van der Waals surface area contributed by atoms with Crippen LogP contribution < -0.4 is 10.6 Å². The van der Waals surface area contributed by atoms with Gasteiger partial charge in [0.1, 0.15) is 0 Å². The zero-order chi connectivity index (χ0) is 20.1. The monoisotopic (exact) mass is 450 g/mol. The highest BCUT2D eigenvalue weighted by atomic mass is 79.9. The van der Waals surface area contributed by atoms with E-state index < -0.39 is 11.8 Å². The number of amides is 4. The van der Waals surface area contributed by atoms with Gasteiger partial charge in [-0.2, -0.15) is 0 Å². The van der Waals surface area contributed by atoms with Crippen molar-refractivity contribution in [3.63, 3.8) is 0 Å². The molecule has 0 bridgehead atoms. The summed E-state index contributed by atoms with van der Waals surface area (Å²) in [6, 6.07) is 7.12. The Labute approximate surface area is 171 Å². The van der Waals surface area contributed by atoms with Crippen molar-refractivity contribution in [2.45, 2.75) is 25.3 Å². The summed E-state index contributed by atoms with van der Waals surface area (Å²) in [5.74, 6) is -1.39. The van der Waals surface area contributed by atoms with Crippen molar-refractivity contribution in [2.75, 3.05) is 32.7 Å². The van der Waals surface area contributed by atoms with E-state index in [2.05, 4.69) is 26.6 Å². The van der Waals surface area contributed by atoms with E-state index in [4.69, 9.17) is 0 Å². The molecule has 1 aliphatic heterocycles. The average molecular weight is 451 g/mol. The Balaban J connectivity index is 1.36. The number of benzene rings is 1. The number of nitrogens with one attached hydrogen (secondary N) is 2.